The van der Waals surface area contributed by atoms with Crippen LogP contribution in [0.4, 0.5) is 5.82 Å². The van der Waals surface area contributed by atoms with Gasteiger partial charge in [-0.3, -0.25) is 4.18 Å². The zero-order chi connectivity index (χ0) is 23.1. The minimum Gasteiger partial charge on any atom is -0.383 e. The van der Waals surface area contributed by atoms with Crippen LogP contribution in [0, 0.1) is 5.92 Å². The fourth-order valence-corrected chi connectivity index (χ4v) is 5.13. The number of hydrogen-bond donors (Lipinski definition) is 1. The smallest absolute Gasteiger partial charge is 0.264 e. The van der Waals surface area contributed by atoms with E-state index in [9.17, 15) is 16.8 Å². The molecule has 1 saturated carbocycles. The van der Waals surface area contributed by atoms with Crippen molar-refractivity contribution in [1.29, 1.82) is 0 Å². The Balaban J connectivity index is 1.63. The first-order valence-electron chi connectivity index (χ1n) is 10.2. The Morgan fingerprint density at radius 2 is 1.91 bits per heavy atom. The maximum atomic E-state index is 11.5. The molecule has 11 heteroatoms. The molecule has 0 saturated heterocycles. The van der Waals surface area contributed by atoms with Gasteiger partial charge in [0, 0.05) is 24.1 Å². The summed E-state index contributed by atoms with van der Waals surface area (Å²) in [7, 11) is -6.50. The lowest BCUT2D eigenvalue weighted by atomic mass is 9.81. The summed E-state index contributed by atoms with van der Waals surface area (Å²) in [5, 5.41) is 0.753. The molecule has 1 aliphatic carbocycles. The van der Waals surface area contributed by atoms with Gasteiger partial charge in [0.05, 0.1) is 24.0 Å². The maximum absolute atomic E-state index is 11.5. The zero-order valence-electron chi connectivity index (χ0n) is 17.9. The second-order valence-electron chi connectivity index (χ2n) is 8.47. The number of nitrogen functional groups attached to an aromatic ring is 1. The second kappa shape index (κ2) is 8.45. The number of benzene rings is 1. The number of aromatic nitrogens is 3. The summed E-state index contributed by atoms with van der Waals surface area (Å²) >= 11 is 0. The van der Waals surface area contributed by atoms with Crippen LogP contribution in [0.25, 0.3) is 22.2 Å². The van der Waals surface area contributed by atoms with Crippen molar-refractivity contribution in [3.05, 3.63) is 42.4 Å². The van der Waals surface area contributed by atoms with E-state index in [4.69, 9.17) is 9.92 Å². The van der Waals surface area contributed by atoms with Crippen molar-refractivity contribution in [3.8, 4) is 11.1 Å². The van der Waals surface area contributed by atoms with Gasteiger partial charge in [0.1, 0.15) is 27.6 Å². The molecule has 4 rings (SSSR count). The van der Waals surface area contributed by atoms with Gasteiger partial charge in [-0.25, -0.2) is 18.4 Å². The highest BCUT2D eigenvalue weighted by Crippen LogP contribution is 2.43. The number of sulfone groups is 1. The minimum absolute atomic E-state index is 0.0858. The quantitative estimate of drug-likeness (QED) is 0.487. The highest BCUT2D eigenvalue weighted by atomic mass is 32.2. The fourth-order valence-electron chi connectivity index (χ4n) is 4.09. The first-order valence-corrected chi connectivity index (χ1v) is 14.1. The van der Waals surface area contributed by atoms with Gasteiger partial charge in [0.2, 0.25) is 0 Å². The maximum Gasteiger partial charge on any atom is 0.264 e. The minimum atomic E-state index is -3.45. The standard InChI is InChI=1S/C21H26N4O5S2/c1-31(26,27)7-6-14-4-3-5-16(8-14)18-11-25(21-19(18)20(22)23-13-24-21)17-9-15(10-17)12-30-32(2,28)29/h3-5,8,11,13,15,17H,6-7,9-10,12H2,1-2H3,(H2,22,23,24). The van der Waals surface area contributed by atoms with E-state index < -0.39 is 20.0 Å². The predicted octanol–water partition coefficient (Wildman–Crippen LogP) is 2.19. The van der Waals surface area contributed by atoms with Crippen LogP contribution >= 0.6 is 0 Å². The van der Waals surface area contributed by atoms with Gasteiger partial charge in [-0.1, -0.05) is 24.3 Å². The highest BCUT2D eigenvalue weighted by Gasteiger charge is 2.33. The molecule has 172 valence electrons. The van der Waals surface area contributed by atoms with Gasteiger partial charge < -0.3 is 10.3 Å². The van der Waals surface area contributed by atoms with E-state index in [0.717, 1.165) is 46.8 Å². The molecular weight excluding hydrogens is 452 g/mol. The molecule has 2 N–H and O–H groups in total. The van der Waals surface area contributed by atoms with E-state index in [-0.39, 0.29) is 24.3 Å². The number of aryl methyl sites for hydroxylation is 1. The summed E-state index contributed by atoms with van der Waals surface area (Å²) < 4.78 is 52.6. The number of fused-ring (bicyclic) bond motifs is 1. The molecule has 2 heterocycles. The van der Waals surface area contributed by atoms with Gasteiger partial charge in [-0.05, 0) is 36.3 Å². The zero-order valence-corrected chi connectivity index (χ0v) is 19.6. The normalized spacial score (nSPS) is 19.2. The van der Waals surface area contributed by atoms with Crippen LogP contribution in [0.3, 0.4) is 0 Å². The molecule has 1 aromatic carbocycles. The fraction of sp³-hybridized carbons (Fsp3) is 0.429. The summed E-state index contributed by atoms with van der Waals surface area (Å²) in [6.45, 7) is 0.181. The van der Waals surface area contributed by atoms with Crippen molar-refractivity contribution >= 4 is 36.8 Å². The van der Waals surface area contributed by atoms with Crippen LogP contribution in [-0.4, -0.2) is 56.2 Å². The number of hydrogen-bond acceptors (Lipinski definition) is 8. The first-order chi connectivity index (χ1) is 15.0. The molecule has 0 spiro atoms. The lowest BCUT2D eigenvalue weighted by Crippen LogP contribution is -2.30. The van der Waals surface area contributed by atoms with Crippen molar-refractivity contribution in [3.63, 3.8) is 0 Å². The van der Waals surface area contributed by atoms with Crippen LogP contribution in [0.1, 0.15) is 24.4 Å². The molecule has 1 aliphatic rings. The number of rotatable bonds is 8. The molecule has 0 bridgehead atoms. The molecule has 3 aromatic rings. The summed E-state index contributed by atoms with van der Waals surface area (Å²) in [6, 6.07) is 7.89. The lowest BCUT2D eigenvalue weighted by Gasteiger charge is -2.36. The van der Waals surface area contributed by atoms with Crippen molar-refractivity contribution in [2.24, 2.45) is 5.92 Å². The van der Waals surface area contributed by atoms with Crippen LogP contribution in [0.5, 0.6) is 0 Å². The molecule has 1 fully saturated rings. The highest BCUT2D eigenvalue weighted by molar-refractivity contribution is 7.90. The average molecular weight is 479 g/mol. The Kier molecular flexibility index (Phi) is 5.99. The summed E-state index contributed by atoms with van der Waals surface area (Å²) in [5.74, 6) is 0.623. The summed E-state index contributed by atoms with van der Waals surface area (Å²) in [4.78, 5) is 8.62. The number of anilines is 1. The molecule has 9 nitrogen and oxygen atoms in total. The van der Waals surface area contributed by atoms with Crippen molar-refractivity contribution in [1.82, 2.24) is 14.5 Å². The van der Waals surface area contributed by atoms with E-state index in [2.05, 4.69) is 14.5 Å². The Labute approximate surface area is 187 Å². The number of nitrogens with zero attached hydrogens (tertiary/aromatic N) is 3. The molecule has 0 radical (unpaired) electrons. The number of nitrogens with two attached hydrogens (primary N) is 1. The third kappa shape index (κ3) is 5.11. The van der Waals surface area contributed by atoms with E-state index in [1.165, 1.54) is 12.6 Å². The van der Waals surface area contributed by atoms with E-state index in [0.29, 0.717) is 12.2 Å². The van der Waals surface area contributed by atoms with E-state index in [1.54, 1.807) is 0 Å². The molecule has 0 amide bonds. The van der Waals surface area contributed by atoms with Crippen molar-refractivity contribution < 1.29 is 21.0 Å². The molecule has 32 heavy (non-hydrogen) atoms. The van der Waals surface area contributed by atoms with Gasteiger partial charge in [-0.15, -0.1) is 0 Å². The van der Waals surface area contributed by atoms with Crippen molar-refractivity contribution in [2.45, 2.75) is 25.3 Å². The second-order valence-corrected chi connectivity index (χ2v) is 12.4. The Morgan fingerprint density at radius 1 is 1.16 bits per heavy atom. The lowest BCUT2D eigenvalue weighted by molar-refractivity contribution is 0.131. The molecule has 2 aromatic heterocycles. The third-order valence-electron chi connectivity index (χ3n) is 5.76. The Bertz CT molecular complexity index is 1360. The Hall–Kier alpha value is -2.50. The van der Waals surface area contributed by atoms with Crippen LogP contribution in [0.15, 0.2) is 36.8 Å². The molecule has 0 unspecified atom stereocenters. The average Bonchev–Trinajstić information content (AvgIpc) is 3.05. The largest absolute Gasteiger partial charge is 0.383 e. The summed E-state index contributed by atoms with van der Waals surface area (Å²) in [5.41, 5.74) is 9.66. The Morgan fingerprint density at radius 3 is 2.59 bits per heavy atom. The van der Waals surface area contributed by atoms with Crippen LogP contribution < -0.4 is 5.73 Å². The topological polar surface area (TPSA) is 134 Å². The van der Waals surface area contributed by atoms with Crippen molar-refractivity contribution in [2.75, 3.05) is 30.6 Å². The van der Waals surface area contributed by atoms with Gasteiger partial charge in [0.25, 0.3) is 10.1 Å². The SMILES string of the molecule is CS(=O)(=O)CCc1cccc(-c2cn(C3CC(COS(C)(=O)=O)C3)c3ncnc(N)c23)c1. The predicted molar refractivity (Wildman–Crippen MR) is 123 cm³/mol. The monoisotopic (exact) mass is 478 g/mol. The first kappa shape index (κ1) is 22.7. The van der Waals surface area contributed by atoms with E-state index in [1.807, 2.05) is 30.5 Å². The molecule has 0 aliphatic heterocycles. The van der Waals surface area contributed by atoms with Crippen LogP contribution in [0.2, 0.25) is 0 Å². The van der Waals surface area contributed by atoms with Gasteiger partial charge >= 0.3 is 0 Å². The van der Waals surface area contributed by atoms with Crippen LogP contribution in [-0.2, 0) is 30.6 Å². The van der Waals surface area contributed by atoms with Gasteiger partial charge in [-0.2, -0.15) is 8.42 Å². The molecular formula is C21H26N4O5S2. The molecule has 0 atom stereocenters. The third-order valence-corrected chi connectivity index (χ3v) is 7.27. The summed E-state index contributed by atoms with van der Waals surface area (Å²) in [6.07, 6.45) is 7.71. The van der Waals surface area contributed by atoms with Gasteiger partial charge in [0.15, 0.2) is 0 Å². The van der Waals surface area contributed by atoms with E-state index >= 15 is 0 Å².